The highest BCUT2D eigenvalue weighted by Crippen LogP contribution is 2.20. The Bertz CT molecular complexity index is 682. The van der Waals surface area contributed by atoms with E-state index in [2.05, 4.69) is 12.2 Å². The summed E-state index contributed by atoms with van der Waals surface area (Å²) < 4.78 is 27.2. The van der Waals surface area contributed by atoms with Crippen molar-refractivity contribution in [2.75, 3.05) is 6.26 Å². The lowest BCUT2D eigenvalue weighted by Gasteiger charge is -2.32. The first-order valence-corrected chi connectivity index (χ1v) is 11.2. The van der Waals surface area contributed by atoms with Crippen LogP contribution in [0.1, 0.15) is 57.9 Å². The van der Waals surface area contributed by atoms with Crippen molar-refractivity contribution in [3.8, 4) is 5.75 Å². The molecule has 0 radical (unpaired) electrons. The summed E-state index contributed by atoms with van der Waals surface area (Å²) >= 11 is 0. The van der Waals surface area contributed by atoms with Crippen LogP contribution in [0, 0.1) is 0 Å². The first-order chi connectivity index (χ1) is 12.3. The van der Waals surface area contributed by atoms with Gasteiger partial charge >= 0.3 is 16.1 Å². The predicted octanol–water partition coefficient (Wildman–Crippen LogP) is 3.67. The van der Waals surface area contributed by atoms with Gasteiger partial charge in [-0.2, -0.15) is 8.42 Å². The van der Waals surface area contributed by atoms with Gasteiger partial charge in [0.15, 0.2) is 0 Å². The van der Waals surface area contributed by atoms with E-state index in [1.807, 2.05) is 11.8 Å². The number of amides is 2. The molecule has 2 rings (SSSR count). The van der Waals surface area contributed by atoms with Gasteiger partial charge in [-0.1, -0.05) is 38.3 Å². The number of benzene rings is 1. The van der Waals surface area contributed by atoms with Crippen molar-refractivity contribution in [3.05, 3.63) is 29.8 Å². The van der Waals surface area contributed by atoms with E-state index >= 15 is 0 Å². The van der Waals surface area contributed by atoms with Crippen LogP contribution in [-0.2, 0) is 16.7 Å². The van der Waals surface area contributed by atoms with Gasteiger partial charge in [-0.15, -0.1) is 0 Å². The van der Waals surface area contributed by atoms with E-state index in [0.29, 0.717) is 6.54 Å². The van der Waals surface area contributed by atoms with Gasteiger partial charge in [-0.3, -0.25) is 0 Å². The maximum atomic E-state index is 12.8. The fourth-order valence-electron chi connectivity index (χ4n) is 3.17. The summed E-state index contributed by atoms with van der Waals surface area (Å²) in [6.45, 7) is 4.59. The molecule has 1 aromatic rings. The Balaban J connectivity index is 2.03. The number of carbonyl (C=O) groups excluding carboxylic acids is 1. The zero-order chi connectivity index (χ0) is 19.2. The highest BCUT2D eigenvalue weighted by Gasteiger charge is 2.23. The van der Waals surface area contributed by atoms with Gasteiger partial charge in [0, 0.05) is 18.6 Å². The van der Waals surface area contributed by atoms with Crippen molar-refractivity contribution in [3.63, 3.8) is 0 Å². The van der Waals surface area contributed by atoms with E-state index in [0.717, 1.165) is 31.1 Å². The molecular formula is C19H30N2O4S. The van der Waals surface area contributed by atoms with Gasteiger partial charge in [-0.05, 0) is 43.9 Å². The lowest BCUT2D eigenvalue weighted by Crippen LogP contribution is -2.48. The molecule has 1 aliphatic rings. The van der Waals surface area contributed by atoms with Crippen LogP contribution in [0.5, 0.6) is 5.75 Å². The smallest absolute Gasteiger partial charge is 0.318 e. The minimum atomic E-state index is -3.53. The Morgan fingerprint density at radius 1 is 1.23 bits per heavy atom. The molecule has 0 aliphatic heterocycles. The van der Waals surface area contributed by atoms with Crippen LogP contribution in [0.25, 0.3) is 0 Å². The third kappa shape index (κ3) is 6.52. The Morgan fingerprint density at radius 2 is 1.85 bits per heavy atom. The molecule has 0 saturated heterocycles. The SMILES string of the molecule is CCC(C)N(Cc1ccc(OS(C)(=O)=O)cc1)C(=O)NC1CCCCC1. The van der Waals surface area contributed by atoms with E-state index in [1.165, 1.54) is 19.3 Å². The zero-order valence-electron chi connectivity index (χ0n) is 15.9. The summed E-state index contributed by atoms with van der Waals surface area (Å²) in [5.74, 6) is 0.276. The molecule has 1 aromatic carbocycles. The minimum Gasteiger partial charge on any atom is -0.383 e. The van der Waals surface area contributed by atoms with Gasteiger partial charge in [-0.25, -0.2) is 4.79 Å². The monoisotopic (exact) mass is 382 g/mol. The maximum Gasteiger partial charge on any atom is 0.318 e. The Morgan fingerprint density at radius 3 is 2.38 bits per heavy atom. The van der Waals surface area contributed by atoms with Crippen LogP contribution in [0.4, 0.5) is 4.79 Å². The Hall–Kier alpha value is -1.76. The lowest BCUT2D eigenvalue weighted by molar-refractivity contribution is 0.166. The molecule has 7 heteroatoms. The van der Waals surface area contributed by atoms with Gasteiger partial charge < -0.3 is 14.4 Å². The van der Waals surface area contributed by atoms with Crippen LogP contribution >= 0.6 is 0 Å². The van der Waals surface area contributed by atoms with Gasteiger partial charge in [0.1, 0.15) is 5.75 Å². The Labute approximate surface area is 157 Å². The number of hydrogen-bond donors (Lipinski definition) is 1. The van der Waals surface area contributed by atoms with Crippen molar-refractivity contribution < 1.29 is 17.4 Å². The van der Waals surface area contributed by atoms with Crippen LogP contribution < -0.4 is 9.50 Å². The van der Waals surface area contributed by atoms with E-state index in [-0.39, 0.29) is 23.9 Å². The molecule has 1 aliphatic carbocycles. The van der Waals surface area contributed by atoms with Gasteiger partial charge in [0.05, 0.1) is 6.26 Å². The zero-order valence-corrected chi connectivity index (χ0v) is 16.7. The summed E-state index contributed by atoms with van der Waals surface area (Å²) in [5.41, 5.74) is 0.935. The number of hydrogen-bond acceptors (Lipinski definition) is 4. The molecule has 1 atom stereocenters. The minimum absolute atomic E-state index is 0.0253. The fraction of sp³-hybridized carbons (Fsp3) is 0.632. The second-order valence-corrected chi connectivity index (χ2v) is 8.68. The molecule has 0 heterocycles. The molecule has 1 unspecified atom stereocenters. The quantitative estimate of drug-likeness (QED) is 0.730. The van der Waals surface area contributed by atoms with Crippen molar-refractivity contribution in [2.24, 2.45) is 0 Å². The largest absolute Gasteiger partial charge is 0.383 e. The summed E-state index contributed by atoms with van der Waals surface area (Å²) in [4.78, 5) is 14.6. The predicted molar refractivity (Wildman–Crippen MR) is 103 cm³/mol. The molecule has 6 nitrogen and oxygen atoms in total. The number of carbonyl (C=O) groups is 1. The first kappa shape index (κ1) is 20.6. The number of nitrogens with zero attached hydrogens (tertiary/aromatic N) is 1. The van der Waals surface area contributed by atoms with Crippen molar-refractivity contribution in [1.82, 2.24) is 10.2 Å². The van der Waals surface area contributed by atoms with E-state index < -0.39 is 10.1 Å². The number of nitrogens with one attached hydrogen (secondary N) is 1. The summed E-state index contributed by atoms with van der Waals surface area (Å²) in [6, 6.07) is 7.18. The number of urea groups is 1. The maximum absolute atomic E-state index is 12.8. The average molecular weight is 383 g/mol. The Kier molecular flexibility index (Phi) is 7.32. The second-order valence-electron chi connectivity index (χ2n) is 7.10. The summed E-state index contributed by atoms with van der Waals surface area (Å²) in [6.07, 6.45) is 7.60. The van der Waals surface area contributed by atoms with E-state index in [9.17, 15) is 13.2 Å². The molecule has 26 heavy (non-hydrogen) atoms. The summed E-state index contributed by atoms with van der Waals surface area (Å²) in [7, 11) is -3.53. The van der Waals surface area contributed by atoms with Crippen LogP contribution in [0.3, 0.4) is 0 Å². The fourth-order valence-corrected chi connectivity index (χ4v) is 3.64. The van der Waals surface area contributed by atoms with Crippen molar-refractivity contribution in [1.29, 1.82) is 0 Å². The molecule has 2 amide bonds. The number of rotatable bonds is 7. The third-order valence-corrected chi connectivity index (χ3v) is 5.34. The molecule has 0 bridgehead atoms. The van der Waals surface area contributed by atoms with E-state index in [1.54, 1.807) is 24.3 Å². The van der Waals surface area contributed by atoms with Crippen LogP contribution in [0.2, 0.25) is 0 Å². The lowest BCUT2D eigenvalue weighted by atomic mass is 9.96. The first-order valence-electron chi connectivity index (χ1n) is 9.34. The highest BCUT2D eigenvalue weighted by molar-refractivity contribution is 7.86. The molecule has 1 fully saturated rings. The molecule has 1 N–H and O–H groups in total. The molecule has 1 saturated carbocycles. The van der Waals surface area contributed by atoms with Crippen molar-refractivity contribution in [2.45, 2.75) is 71.0 Å². The highest BCUT2D eigenvalue weighted by atomic mass is 32.2. The normalized spacial score (nSPS) is 16.7. The third-order valence-electron chi connectivity index (χ3n) is 4.84. The second kappa shape index (κ2) is 9.26. The molecule has 0 spiro atoms. The topological polar surface area (TPSA) is 75.7 Å². The molecular weight excluding hydrogens is 352 g/mol. The van der Waals surface area contributed by atoms with Gasteiger partial charge in [0.2, 0.25) is 0 Å². The molecule has 146 valence electrons. The average Bonchev–Trinajstić information content (AvgIpc) is 2.60. The van der Waals surface area contributed by atoms with Crippen LogP contribution in [0.15, 0.2) is 24.3 Å². The van der Waals surface area contributed by atoms with Gasteiger partial charge in [0.25, 0.3) is 0 Å². The van der Waals surface area contributed by atoms with Crippen molar-refractivity contribution >= 4 is 16.1 Å². The van der Waals surface area contributed by atoms with Crippen LogP contribution in [-0.4, -0.2) is 37.7 Å². The molecule has 0 aromatic heterocycles. The summed E-state index contributed by atoms with van der Waals surface area (Å²) in [5, 5.41) is 3.18. The van der Waals surface area contributed by atoms with E-state index in [4.69, 9.17) is 4.18 Å². The standard InChI is InChI=1S/C19H30N2O4S/c1-4-15(2)21(19(22)20-17-8-6-5-7-9-17)14-16-10-12-18(13-11-16)25-26(3,23)24/h10-13,15,17H,4-9,14H2,1-3H3,(H,20,22).